The van der Waals surface area contributed by atoms with E-state index in [0.29, 0.717) is 24.7 Å². The van der Waals surface area contributed by atoms with Gasteiger partial charge in [-0.05, 0) is 31.2 Å². The number of nitrogens with zero attached hydrogens (tertiary/aromatic N) is 3. The normalized spacial score (nSPS) is 16.3. The highest BCUT2D eigenvalue weighted by molar-refractivity contribution is 5.78. The van der Waals surface area contributed by atoms with Crippen LogP contribution in [0.15, 0.2) is 35.3 Å². The molecule has 1 fully saturated rings. The monoisotopic (exact) mass is 333 g/mol. The molecule has 0 radical (unpaired) electrons. The van der Waals surface area contributed by atoms with Crippen LogP contribution in [-0.4, -0.2) is 50.1 Å². The Morgan fingerprint density at radius 1 is 1.33 bits per heavy atom. The lowest BCUT2D eigenvalue weighted by Gasteiger charge is -2.35. The third-order valence-corrected chi connectivity index (χ3v) is 4.18. The van der Waals surface area contributed by atoms with Crippen LogP contribution in [0.5, 0.6) is 0 Å². The van der Waals surface area contributed by atoms with Crippen LogP contribution in [0.2, 0.25) is 0 Å². The highest BCUT2D eigenvalue weighted by Crippen LogP contribution is 2.22. The molecule has 0 spiro atoms. The number of benzene rings is 1. The summed E-state index contributed by atoms with van der Waals surface area (Å²) in [5.41, 5.74) is 8.23. The average molecular weight is 333 g/mol. The van der Waals surface area contributed by atoms with E-state index in [1.807, 2.05) is 19.1 Å². The van der Waals surface area contributed by atoms with E-state index in [1.54, 1.807) is 6.07 Å². The number of nitrogens with one attached hydrogen (secondary N) is 1. The minimum atomic E-state index is -0.193. The molecule has 0 aromatic heterocycles. The predicted molar refractivity (Wildman–Crippen MR) is 98.9 cm³/mol. The SMILES string of the molecule is C=C(C)CNC(N)=NCc1ccc(N2CCN(CC)CC2)c(F)c1. The van der Waals surface area contributed by atoms with Crippen LogP contribution >= 0.6 is 0 Å². The van der Waals surface area contributed by atoms with E-state index in [9.17, 15) is 4.39 Å². The topological polar surface area (TPSA) is 56.9 Å². The molecule has 132 valence electrons. The van der Waals surface area contributed by atoms with Gasteiger partial charge in [0.25, 0.3) is 0 Å². The highest BCUT2D eigenvalue weighted by atomic mass is 19.1. The van der Waals surface area contributed by atoms with Crippen molar-refractivity contribution >= 4 is 11.6 Å². The van der Waals surface area contributed by atoms with Gasteiger partial charge in [-0.2, -0.15) is 0 Å². The number of guanidine groups is 1. The molecule has 0 unspecified atom stereocenters. The van der Waals surface area contributed by atoms with Crippen LogP contribution in [-0.2, 0) is 6.54 Å². The van der Waals surface area contributed by atoms with Crippen LogP contribution in [0.3, 0.4) is 0 Å². The molecule has 1 aliphatic rings. The van der Waals surface area contributed by atoms with Gasteiger partial charge in [0.15, 0.2) is 5.96 Å². The maximum absolute atomic E-state index is 14.4. The molecule has 1 saturated heterocycles. The number of halogens is 1. The molecule has 6 heteroatoms. The fourth-order valence-corrected chi connectivity index (χ4v) is 2.68. The molecule has 0 bridgehead atoms. The van der Waals surface area contributed by atoms with Crippen LogP contribution in [0.1, 0.15) is 19.4 Å². The minimum Gasteiger partial charge on any atom is -0.370 e. The van der Waals surface area contributed by atoms with Crippen LogP contribution in [0.4, 0.5) is 10.1 Å². The number of hydrogen-bond donors (Lipinski definition) is 2. The van der Waals surface area contributed by atoms with Crippen molar-refractivity contribution in [1.82, 2.24) is 10.2 Å². The second kappa shape index (κ2) is 8.68. The van der Waals surface area contributed by atoms with Crippen molar-refractivity contribution in [3.05, 3.63) is 41.7 Å². The maximum atomic E-state index is 14.4. The van der Waals surface area contributed by atoms with Gasteiger partial charge in [0.1, 0.15) is 5.82 Å². The van der Waals surface area contributed by atoms with Crippen molar-refractivity contribution in [2.24, 2.45) is 10.7 Å². The van der Waals surface area contributed by atoms with Gasteiger partial charge in [-0.15, -0.1) is 0 Å². The van der Waals surface area contributed by atoms with Crippen molar-refractivity contribution < 1.29 is 4.39 Å². The summed E-state index contributed by atoms with van der Waals surface area (Å²) in [5.74, 6) is 0.152. The molecule has 0 amide bonds. The first-order valence-corrected chi connectivity index (χ1v) is 8.43. The molecule has 0 atom stereocenters. The number of nitrogens with two attached hydrogens (primary N) is 1. The van der Waals surface area contributed by atoms with Crippen molar-refractivity contribution in [2.75, 3.05) is 44.2 Å². The Kier molecular flexibility index (Phi) is 6.61. The Bertz CT molecular complexity index is 591. The Labute approximate surface area is 144 Å². The van der Waals surface area contributed by atoms with E-state index < -0.39 is 0 Å². The first kappa shape index (κ1) is 18.3. The molecule has 2 rings (SSSR count). The molecule has 3 N–H and O–H groups in total. The first-order valence-electron chi connectivity index (χ1n) is 8.43. The number of hydrogen-bond acceptors (Lipinski definition) is 3. The van der Waals surface area contributed by atoms with Crippen LogP contribution < -0.4 is 16.0 Å². The highest BCUT2D eigenvalue weighted by Gasteiger charge is 2.18. The summed E-state index contributed by atoms with van der Waals surface area (Å²) in [4.78, 5) is 8.71. The molecule has 5 nitrogen and oxygen atoms in total. The zero-order valence-corrected chi connectivity index (χ0v) is 14.7. The minimum absolute atomic E-state index is 0.193. The third-order valence-electron chi connectivity index (χ3n) is 4.18. The summed E-state index contributed by atoms with van der Waals surface area (Å²) < 4.78 is 14.4. The van der Waals surface area contributed by atoms with Crippen molar-refractivity contribution in [2.45, 2.75) is 20.4 Å². The number of likely N-dealkylation sites (N-methyl/N-ethyl adjacent to an activating group) is 1. The van der Waals surface area contributed by atoms with E-state index in [-0.39, 0.29) is 5.82 Å². The molecule has 0 saturated carbocycles. The molecule has 1 heterocycles. The predicted octanol–water partition coefficient (Wildman–Crippen LogP) is 1.95. The molecular formula is C18H28FN5. The molecular weight excluding hydrogens is 305 g/mol. The Balaban J connectivity index is 1.94. The van der Waals surface area contributed by atoms with Gasteiger partial charge in [-0.25, -0.2) is 9.38 Å². The van der Waals surface area contributed by atoms with Gasteiger partial charge in [0.05, 0.1) is 12.2 Å². The molecule has 24 heavy (non-hydrogen) atoms. The third kappa shape index (κ3) is 5.23. The number of anilines is 1. The fourth-order valence-electron chi connectivity index (χ4n) is 2.68. The van der Waals surface area contributed by atoms with E-state index in [1.165, 1.54) is 0 Å². The zero-order valence-electron chi connectivity index (χ0n) is 14.7. The summed E-state index contributed by atoms with van der Waals surface area (Å²) in [5, 5.41) is 2.96. The van der Waals surface area contributed by atoms with Gasteiger partial charge < -0.3 is 20.9 Å². The Hall–Kier alpha value is -2.08. The van der Waals surface area contributed by atoms with Gasteiger partial charge in [0.2, 0.25) is 0 Å². The second-order valence-corrected chi connectivity index (χ2v) is 6.22. The largest absolute Gasteiger partial charge is 0.370 e. The Morgan fingerprint density at radius 2 is 2.04 bits per heavy atom. The quantitative estimate of drug-likeness (QED) is 0.475. The summed E-state index contributed by atoms with van der Waals surface area (Å²) in [6.45, 7) is 13.5. The number of rotatable bonds is 6. The lowest BCUT2D eigenvalue weighted by Crippen LogP contribution is -2.46. The average Bonchev–Trinajstić information content (AvgIpc) is 2.58. The van der Waals surface area contributed by atoms with E-state index >= 15 is 0 Å². The van der Waals surface area contributed by atoms with Crippen LogP contribution in [0, 0.1) is 5.82 Å². The van der Waals surface area contributed by atoms with E-state index in [4.69, 9.17) is 5.73 Å². The molecule has 1 aliphatic heterocycles. The summed E-state index contributed by atoms with van der Waals surface area (Å²) >= 11 is 0. The molecule has 1 aromatic carbocycles. The van der Waals surface area contributed by atoms with Gasteiger partial charge in [0, 0.05) is 32.7 Å². The smallest absolute Gasteiger partial charge is 0.189 e. The van der Waals surface area contributed by atoms with Gasteiger partial charge in [-0.1, -0.05) is 25.1 Å². The summed E-state index contributed by atoms with van der Waals surface area (Å²) in [6, 6.07) is 5.32. The van der Waals surface area contributed by atoms with Gasteiger partial charge in [-0.3, -0.25) is 0 Å². The molecule has 1 aromatic rings. The maximum Gasteiger partial charge on any atom is 0.189 e. The summed E-state index contributed by atoms with van der Waals surface area (Å²) in [7, 11) is 0. The van der Waals surface area contributed by atoms with E-state index in [2.05, 4.69) is 33.6 Å². The van der Waals surface area contributed by atoms with Crippen LogP contribution in [0.25, 0.3) is 0 Å². The van der Waals surface area contributed by atoms with Crippen molar-refractivity contribution in [1.29, 1.82) is 0 Å². The summed E-state index contributed by atoms with van der Waals surface area (Å²) in [6.07, 6.45) is 0. The standard InChI is InChI=1S/C18H28FN5/c1-4-23-7-9-24(10-8-23)17-6-5-15(11-16(17)19)13-22-18(20)21-12-14(2)3/h5-6,11H,2,4,7-10,12-13H2,1,3H3,(H3,20,21,22). The van der Waals surface area contributed by atoms with E-state index in [0.717, 1.165) is 43.9 Å². The van der Waals surface area contributed by atoms with Crippen molar-refractivity contribution in [3.63, 3.8) is 0 Å². The lowest BCUT2D eigenvalue weighted by atomic mass is 10.1. The zero-order chi connectivity index (χ0) is 17.5. The lowest BCUT2D eigenvalue weighted by molar-refractivity contribution is 0.270. The number of aliphatic imine (C=N–C) groups is 1. The first-order chi connectivity index (χ1) is 11.5. The van der Waals surface area contributed by atoms with Gasteiger partial charge >= 0.3 is 0 Å². The second-order valence-electron chi connectivity index (χ2n) is 6.22. The number of piperazine rings is 1. The fraction of sp³-hybridized carbons (Fsp3) is 0.500. The Morgan fingerprint density at radius 3 is 2.62 bits per heavy atom. The van der Waals surface area contributed by atoms with Crippen molar-refractivity contribution in [3.8, 4) is 0 Å². The molecule has 0 aliphatic carbocycles.